The van der Waals surface area contributed by atoms with Gasteiger partial charge < -0.3 is 15.1 Å². The summed E-state index contributed by atoms with van der Waals surface area (Å²) in [4.78, 5) is 16.8. The van der Waals surface area contributed by atoms with Gasteiger partial charge >= 0.3 is 7.82 Å². The number of para-hydroxylation sites is 1. The molecule has 5 nitrogen and oxygen atoms in total. The summed E-state index contributed by atoms with van der Waals surface area (Å²) < 4.78 is 14.6. The van der Waals surface area contributed by atoms with Crippen LogP contribution in [0.4, 0.5) is 5.69 Å². The maximum atomic E-state index is 10.3. The van der Waals surface area contributed by atoms with Gasteiger partial charge in [0.15, 0.2) is 0 Å². The summed E-state index contributed by atoms with van der Waals surface area (Å²) in [6, 6.07) is 9.58. The van der Waals surface area contributed by atoms with E-state index < -0.39 is 7.82 Å². The first-order valence-corrected chi connectivity index (χ1v) is 6.10. The molecule has 0 fully saturated rings. The van der Waals surface area contributed by atoms with Crippen LogP contribution < -0.4 is 5.32 Å². The van der Waals surface area contributed by atoms with E-state index in [0.29, 0.717) is 13.0 Å². The van der Waals surface area contributed by atoms with Gasteiger partial charge in [0.2, 0.25) is 0 Å². The minimum absolute atomic E-state index is 0.0457. The summed E-state index contributed by atoms with van der Waals surface area (Å²) in [5, 5.41) is 3.10. The lowest BCUT2D eigenvalue weighted by molar-refractivity contribution is 0.196. The second kappa shape index (κ2) is 5.88. The Morgan fingerprint density at radius 1 is 1.27 bits per heavy atom. The zero-order valence-electron chi connectivity index (χ0n) is 8.17. The zero-order valence-corrected chi connectivity index (χ0v) is 9.06. The molecule has 0 saturated heterocycles. The van der Waals surface area contributed by atoms with E-state index in [1.165, 1.54) is 0 Å². The van der Waals surface area contributed by atoms with Crippen molar-refractivity contribution < 1.29 is 18.9 Å². The molecule has 0 aromatic heterocycles. The lowest BCUT2D eigenvalue weighted by Crippen LogP contribution is -2.04. The highest BCUT2D eigenvalue weighted by Gasteiger charge is 2.12. The number of anilines is 1. The van der Waals surface area contributed by atoms with Crippen LogP contribution in [0.3, 0.4) is 0 Å². The van der Waals surface area contributed by atoms with Gasteiger partial charge in [-0.3, -0.25) is 4.52 Å². The van der Waals surface area contributed by atoms with E-state index in [9.17, 15) is 4.57 Å². The minimum atomic E-state index is -4.31. The lowest BCUT2D eigenvalue weighted by Gasteiger charge is -2.07. The van der Waals surface area contributed by atoms with Crippen molar-refractivity contribution in [2.75, 3.05) is 18.5 Å². The van der Waals surface area contributed by atoms with Crippen LogP contribution in [0.15, 0.2) is 30.3 Å². The van der Waals surface area contributed by atoms with Crippen LogP contribution >= 0.6 is 7.82 Å². The Hall–Kier alpha value is -0.870. The maximum Gasteiger partial charge on any atom is 0.469 e. The van der Waals surface area contributed by atoms with Crippen LogP contribution in [0.5, 0.6) is 0 Å². The van der Waals surface area contributed by atoms with Crippen molar-refractivity contribution in [2.24, 2.45) is 0 Å². The summed E-state index contributed by atoms with van der Waals surface area (Å²) in [7, 11) is -4.31. The molecule has 0 spiro atoms. The molecular weight excluding hydrogens is 217 g/mol. The summed E-state index contributed by atoms with van der Waals surface area (Å²) >= 11 is 0. The smallest absolute Gasteiger partial charge is 0.385 e. The van der Waals surface area contributed by atoms with E-state index in [0.717, 1.165) is 5.69 Å². The van der Waals surface area contributed by atoms with Crippen molar-refractivity contribution in [1.82, 2.24) is 0 Å². The summed E-state index contributed by atoms with van der Waals surface area (Å²) in [5.41, 5.74) is 0.980. The molecule has 3 N–H and O–H groups in total. The number of rotatable bonds is 6. The van der Waals surface area contributed by atoms with Gasteiger partial charge in [-0.15, -0.1) is 0 Å². The number of phosphoric acid groups is 1. The summed E-state index contributed by atoms with van der Waals surface area (Å²) in [6.07, 6.45) is 0.542. The number of nitrogens with one attached hydrogen (secondary N) is 1. The topological polar surface area (TPSA) is 78.8 Å². The Morgan fingerprint density at radius 2 is 1.93 bits per heavy atom. The SMILES string of the molecule is O=P(O)(O)OCCCNc1ccccc1. The molecule has 0 atom stereocenters. The Morgan fingerprint density at radius 3 is 2.53 bits per heavy atom. The van der Waals surface area contributed by atoms with Crippen LogP contribution in [0.25, 0.3) is 0 Å². The normalized spacial score (nSPS) is 11.3. The number of benzene rings is 1. The molecule has 0 aliphatic rings. The van der Waals surface area contributed by atoms with Gasteiger partial charge in [-0.1, -0.05) is 18.2 Å². The van der Waals surface area contributed by atoms with E-state index in [-0.39, 0.29) is 6.61 Å². The molecule has 1 aromatic rings. The first-order valence-electron chi connectivity index (χ1n) is 4.57. The van der Waals surface area contributed by atoms with Gasteiger partial charge in [0, 0.05) is 12.2 Å². The molecule has 1 rings (SSSR count). The average molecular weight is 231 g/mol. The second-order valence-corrected chi connectivity index (χ2v) is 4.21. The quantitative estimate of drug-likeness (QED) is 0.512. The molecule has 15 heavy (non-hydrogen) atoms. The predicted molar refractivity (Wildman–Crippen MR) is 57.5 cm³/mol. The predicted octanol–water partition coefficient (Wildman–Crippen LogP) is 1.60. The molecule has 0 aliphatic heterocycles. The fourth-order valence-electron chi connectivity index (χ4n) is 1.04. The number of hydrogen-bond donors (Lipinski definition) is 3. The fraction of sp³-hybridized carbons (Fsp3) is 0.333. The van der Waals surface area contributed by atoms with Crippen LogP contribution in [-0.2, 0) is 9.09 Å². The van der Waals surface area contributed by atoms with Crippen LogP contribution in [0.1, 0.15) is 6.42 Å². The van der Waals surface area contributed by atoms with Crippen molar-refractivity contribution in [3.8, 4) is 0 Å². The van der Waals surface area contributed by atoms with Crippen LogP contribution in [0, 0.1) is 0 Å². The third-order valence-electron chi connectivity index (χ3n) is 1.68. The standard InChI is InChI=1S/C9H14NO4P/c11-15(12,13)14-8-4-7-10-9-5-2-1-3-6-9/h1-3,5-6,10H,4,7-8H2,(H2,11,12,13). The zero-order chi connectivity index (χ0) is 11.1. The maximum absolute atomic E-state index is 10.3. The molecule has 1 aromatic carbocycles. The number of phosphoric ester groups is 1. The van der Waals surface area contributed by atoms with E-state index in [4.69, 9.17) is 9.79 Å². The van der Waals surface area contributed by atoms with Gasteiger partial charge in [0.1, 0.15) is 0 Å². The second-order valence-electron chi connectivity index (χ2n) is 2.97. The van der Waals surface area contributed by atoms with Crippen molar-refractivity contribution in [1.29, 1.82) is 0 Å². The number of hydrogen-bond acceptors (Lipinski definition) is 3. The minimum Gasteiger partial charge on any atom is -0.385 e. The van der Waals surface area contributed by atoms with Gasteiger partial charge in [-0.25, -0.2) is 4.57 Å². The Kier molecular flexibility index (Phi) is 4.78. The molecule has 0 radical (unpaired) electrons. The first-order chi connectivity index (χ1) is 7.08. The van der Waals surface area contributed by atoms with E-state index in [1.54, 1.807) is 0 Å². The third kappa shape index (κ3) is 6.25. The Labute approximate surface area is 88.3 Å². The Bertz CT molecular complexity index is 324. The van der Waals surface area contributed by atoms with Crippen molar-refractivity contribution in [2.45, 2.75) is 6.42 Å². The molecule has 0 heterocycles. The summed E-state index contributed by atoms with van der Waals surface area (Å²) in [6.45, 7) is 0.661. The molecule has 0 aliphatic carbocycles. The molecule has 0 unspecified atom stereocenters. The van der Waals surface area contributed by atoms with Gasteiger partial charge in [-0.05, 0) is 18.6 Å². The molecule has 6 heteroatoms. The highest BCUT2D eigenvalue weighted by Crippen LogP contribution is 2.35. The lowest BCUT2D eigenvalue weighted by atomic mass is 10.3. The summed E-state index contributed by atoms with van der Waals surface area (Å²) in [5.74, 6) is 0. The largest absolute Gasteiger partial charge is 0.469 e. The van der Waals surface area contributed by atoms with Gasteiger partial charge in [0.25, 0.3) is 0 Å². The third-order valence-corrected chi connectivity index (χ3v) is 2.20. The van der Waals surface area contributed by atoms with E-state index in [1.807, 2.05) is 30.3 Å². The van der Waals surface area contributed by atoms with Gasteiger partial charge in [-0.2, -0.15) is 0 Å². The first kappa shape index (κ1) is 12.2. The molecular formula is C9H14NO4P. The van der Waals surface area contributed by atoms with Crippen molar-refractivity contribution in [3.05, 3.63) is 30.3 Å². The van der Waals surface area contributed by atoms with Crippen LogP contribution in [0.2, 0.25) is 0 Å². The Balaban J connectivity index is 2.10. The van der Waals surface area contributed by atoms with Crippen LogP contribution in [-0.4, -0.2) is 22.9 Å². The highest BCUT2D eigenvalue weighted by atomic mass is 31.2. The fourth-order valence-corrected chi connectivity index (χ4v) is 1.41. The van der Waals surface area contributed by atoms with E-state index >= 15 is 0 Å². The molecule has 0 bridgehead atoms. The molecule has 0 amide bonds. The highest BCUT2D eigenvalue weighted by molar-refractivity contribution is 7.46. The van der Waals surface area contributed by atoms with Crippen molar-refractivity contribution in [3.63, 3.8) is 0 Å². The molecule has 0 saturated carbocycles. The monoisotopic (exact) mass is 231 g/mol. The van der Waals surface area contributed by atoms with E-state index in [2.05, 4.69) is 9.84 Å². The average Bonchev–Trinajstić information content (AvgIpc) is 2.17. The van der Waals surface area contributed by atoms with Gasteiger partial charge in [0.05, 0.1) is 6.61 Å². The molecule has 84 valence electrons. The van der Waals surface area contributed by atoms with Crippen molar-refractivity contribution >= 4 is 13.5 Å².